The summed E-state index contributed by atoms with van der Waals surface area (Å²) in [5.74, 6) is -4.79. The number of hydrogen-bond donors (Lipinski definition) is 0. The second kappa shape index (κ2) is 31.0. The summed E-state index contributed by atoms with van der Waals surface area (Å²) in [5.41, 5.74) is 3.41. The molecule has 6 aromatic rings. The number of hydrogen-bond acceptors (Lipinski definition) is 12. The molecule has 564 valence electrons. The molecule has 18 nitrogen and oxygen atoms in total. The van der Waals surface area contributed by atoms with Crippen LogP contribution >= 0.6 is 0 Å². The number of likely N-dealkylation sites (tertiary alicyclic amines) is 3. The highest BCUT2D eigenvalue weighted by molar-refractivity contribution is 6.00. The zero-order valence-corrected chi connectivity index (χ0v) is 58.3. The van der Waals surface area contributed by atoms with Gasteiger partial charge in [-0.1, -0.05) is 24.3 Å². The average molecular weight is 1480 g/mol. The van der Waals surface area contributed by atoms with Gasteiger partial charge in [0.25, 0.3) is 29.3 Å². The van der Waals surface area contributed by atoms with Crippen LogP contribution in [0.15, 0.2) is 103 Å². The Morgan fingerprint density at radius 3 is 1.28 bits per heavy atom. The number of carbonyl (C=O) groups is 6. The minimum absolute atomic E-state index is 0.000218. The summed E-state index contributed by atoms with van der Waals surface area (Å²) in [6.07, 6.45) is -16.1. The van der Waals surface area contributed by atoms with Crippen LogP contribution in [0.5, 0.6) is 5.75 Å². The van der Waals surface area contributed by atoms with E-state index >= 15 is 0 Å². The monoisotopic (exact) mass is 1480 g/mol. The number of piperidine rings is 3. The number of alkyl halides is 12. The first kappa shape index (κ1) is 78.2. The van der Waals surface area contributed by atoms with Crippen molar-refractivity contribution < 1.29 is 100 Å². The van der Waals surface area contributed by atoms with Crippen LogP contribution in [0.1, 0.15) is 156 Å². The zero-order valence-electron chi connectivity index (χ0n) is 58.3. The third-order valence-electron chi connectivity index (χ3n) is 21.1. The number of ether oxygens (including phenoxy) is 3. The third-order valence-corrected chi connectivity index (χ3v) is 21.1. The van der Waals surface area contributed by atoms with E-state index < -0.39 is 72.8 Å². The molecule has 0 bridgehead atoms. The van der Waals surface area contributed by atoms with Gasteiger partial charge in [0.15, 0.2) is 17.3 Å². The maximum absolute atomic E-state index is 14.2. The van der Waals surface area contributed by atoms with Gasteiger partial charge in [-0.15, -0.1) is 0 Å². The highest BCUT2D eigenvalue weighted by Gasteiger charge is 2.52. The molecule has 6 aliphatic rings. The van der Waals surface area contributed by atoms with Crippen molar-refractivity contribution in [2.45, 2.75) is 146 Å². The van der Waals surface area contributed by atoms with Crippen molar-refractivity contribution in [3.05, 3.63) is 171 Å². The lowest BCUT2D eigenvalue weighted by Crippen LogP contribution is -2.59. The summed E-state index contributed by atoms with van der Waals surface area (Å²) in [6, 6.07) is 26.6. The van der Waals surface area contributed by atoms with Crippen LogP contribution in [-0.4, -0.2) is 202 Å². The summed E-state index contributed by atoms with van der Waals surface area (Å²) in [6.45, 7) is 8.88. The Morgan fingerprint density at radius 2 is 0.865 bits per heavy atom. The zero-order chi connectivity index (χ0) is 75.6. The van der Waals surface area contributed by atoms with Crippen molar-refractivity contribution in [1.29, 1.82) is 0 Å². The number of benzene rings is 3. The van der Waals surface area contributed by atoms with E-state index in [9.17, 15) is 85.8 Å². The number of carbonyl (C=O) groups excluding carboxylic acids is 6. The number of amides is 3. The molecule has 0 radical (unpaired) electrons. The number of nitrogens with zero attached hydrogens (tertiary/aromatic N) is 9. The molecule has 3 fully saturated rings. The van der Waals surface area contributed by atoms with Crippen molar-refractivity contribution in [1.82, 2.24) is 43.1 Å². The van der Waals surface area contributed by atoms with Crippen LogP contribution in [0, 0.1) is 5.82 Å². The lowest BCUT2D eigenvalue weighted by molar-refractivity contribution is -0.176. The highest BCUT2D eigenvalue weighted by atomic mass is 19.4. The van der Waals surface area contributed by atoms with E-state index in [0.717, 1.165) is 43.4 Å². The van der Waals surface area contributed by atoms with Gasteiger partial charge in [0.2, 0.25) is 0 Å². The van der Waals surface area contributed by atoms with E-state index in [1.165, 1.54) is 33.4 Å². The Labute approximate surface area is 592 Å². The molecule has 0 unspecified atom stereocenters. The highest BCUT2D eigenvalue weighted by Crippen LogP contribution is 2.47. The lowest BCUT2D eigenvalue weighted by Gasteiger charge is -2.53. The van der Waals surface area contributed by atoms with Gasteiger partial charge in [-0.2, -0.15) is 52.7 Å². The van der Waals surface area contributed by atoms with E-state index in [1.807, 2.05) is 38.1 Å². The number of Topliss-reactive ketones (excluding diaryl/α,β-unsaturated/α-hetero) is 3. The largest absolute Gasteiger partial charge is 0.491 e. The van der Waals surface area contributed by atoms with Gasteiger partial charge >= 0.3 is 24.7 Å². The van der Waals surface area contributed by atoms with Gasteiger partial charge in [-0.3, -0.25) is 43.5 Å². The SMILES string of the molecule is CC(=O)c1ccc2n1CCN(C)C21CCN(C(=O)c2ccc(COCC(F)(F)F)cc2)CC1.CCOc1ccc(C(=O)N2CCC3(CC2)c2ccc(C(=O)C(F)(F)F)n2CCN3C)cc1F.C[C@H]1Cn2c(C(=O)C(F)(F)F)ccc2C2(CCN(C(=O)c3ccc(COCCC(F)(F)F)cc3)CC2)N1C. The molecule has 3 amide bonds. The molecule has 12 rings (SSSR count). The molecule has 0 aliphatic carbocycles. The molecule has 9 heterocycles. The molecule has 0 N–H and O–H groups in total. The molecular weight excluding hydrogens is 1390 g/mol. The minimum Gasteiger partial charge on any atom is -0.491 e. The Bertz CT molecular complexity index is 4080. The quantitative estimate of drug-likeness (QED) is 0.0544. The van der Waals surface area contributed by atoms with E-state index in [2.05, 4.69) is 31.1 Å². The van der Waals surface area contributed by atoms with Crippen LogP contribution in [-0.2, 0) is 58.9 Å². The summed E-state index contributed by atoms with van der Waals surface area (Å²) in [5, 5.41) is 0. The summed E-state index contributed by atoms with van der Waals surface area (Å²) < 4.78 is 186. The van der Waals surface area contributed by atoms with Gasteiger partial charge in [0, 0.05) is 119 Å². The summed E-state index contributed by atoms with van der Waals surface area (Å²) in [4.78, 5) is 86.7. The topological polar surface area (TPSA) is 164 Å². The number of halogens is 13. The normalized spacial score (nSPS) is 19.0. The number of likely N-dealkylation sites (N-methyl/N-ethyl adjacent to an activating group) is 3. The Kier molecular flexibility index (Phi) is 23.3. The van der Waals surface area contributed by atoms with E-state index in [4.69, 9.17) is 9.47 Å². The van der Waals surface area contributed by atoms with Gasteiger partial charge < -0.3 is 42.6 Å². The molecule has 3 spiro atoms. The van der Waals surface area contributed by atoms with Crippen molar-refractivity contribution in [2.24, 2.45) is 0 Å². The molecular formula is C73H82F13N9O9. The fraction of sp³-hybridized carbons (Fsp3) is 0.507. The second-order valence-electron chi connectivity index (χ2n) is 27.2. The predicted octanol–water partition coefficient (Wildman–Crippen LogP) is 12.9. The third kappa shape index (κ3) is 16.6. The van der Waals surface area contributed by atoms with Crippen molar-refractivity contribution in [3.63, 3.8) is 0 Å². The molecule has 6 aliphatic heterocycles. The van der Waals surface area contributed by atoms with Gasteiger partial charge in [-0.25, -0.2) is 4.39 Å². The van der Waals surface area contributed by atoms with Crippen molar-refractivity contribution >= 4 is 35.1 Å². The number of aromatic nitrogens is 3. The van der Waals surface area contributed by atoms with Gasteiger partial charge in [-0.05, 0) is 164 Å². The number of fused-ring (bicyclic) bond motifs is 6. The van der Waals surface area contributed by atoms with Crippen LogP contribution in [0.3, 0.4) is 0 Å². The van der Waals surface area contributed by atoms with Gasteiger partial charge in [0.1, 0.15) is 6.61 Å². The van der Waals surface area contributed by atoms with Crippen molar-refractivity contribution in [2.75, 3.05) is 93.3 Å². The summed E-state index contributed by atoms with van der Waals surface area (Å²) >= 11 is 0. The first-order chi connectivity index (χ1) is 48.9. The standard InChI is InChI=1S/C26H29F6N3O3.C24H28F3N3O3.C23H25F4N3O3/c1-17-15-35-20(22(36)26(30,31)32)7-8-21(35)24(33(17)2)9-12-34(13-10-24)23(37)19-5-3-18(4-6-19)16-38-14-11-25(27,28)29;1-17(31)20-7-8-21-23(28(2)13-14-30(20)21)9-11-29(12-10-23)22(32)19-5-3-18(4-6-19)15-33-16-24(25,26)27;1-3-33-18-6-4-15(14-16(18)24)21(32)29-10-8-22(9-11-29)19-7-5-17(20(31)23(25,26)27)30(19)13-12-28(22)2/h3-8,17H,9-16H2,1-2H3;3-8H,9-16H2,1-2H3;4-7,14H,3,8-13H2,1-2H3/t17-;;/m0../s1. The molecule has 3 aromatic carbocycles. The number of ketones is 3. The van der Waals surface area contributed by atoms with E-state index in [1.54, 1.807) is 84.3 Å². The first-order valence-corrected chi connectivity index (χ1v) is 34.2. The second-order valence-corrected chi connectivity index (χ2v) is 27.2. The van der Waals surface area contributed by atoms with E-state index in [0.29, 0.717) is 112 Å². The Morgan fingerprint density at radius 1 is 0.471 bits per heavy atom. The lowest BCUT2D eigenvalue weighted by atomic mass is 9.80. The van der Waals surface area contributed by atoms with Crippen molar-refractivity contribution in [3.8, 4) is 5.75 Å². The maximum atomic E-state index is 14.2. The molecule has 0 saturated carbocycles. The van der Waals surface area contributed by atoms with Crippen LogP contribution < -0.4 is 4.74 Å². The number of rotatable bonds is 15. The molecule has 31 heteroatoms. The average Bonchev–Trinajstić information content (AvgIpc) is 1.43. The molecule has 104 heavy (non-hydrogen) atoms. The Balaban J connectivity index is 0.000000168. The molecule has 3 saturated heterocycles. The smallest absolute Gasteiger partial charge is 0.456 e. The van der Waals surface area contributed by atoms with Crippen LogP contribution in [0.4, 0.5) is 57.1 Å². The van der Waals surface area contributed by atoms with E-state index in [-0.39, 0.29) is 84.1 Å². The first-order valence-electron chi connectivity index (χ1n) is 34.2. The maximum Gasteiger partial charge on any atom is 0.456 e. The predicted molar refractivity (Wildman–Crippen MR) is 353 cm³/mol. The molecule has 1 atom stereocenters. The van der Waals surface area contributed by atoms with Gasteiger partial charge in [0.05, 0.1) is 66.5 Å². The van der Waals surface area contributed by atoms with Crippen LogP contribution in [0.25, 0.3) is 0 Å². The fourth-order valence-electron chi connectivity index (χ4n) is 15.3. The fourth-order valence-corrected chi connectivity index (χ4v) is 15.3. The van der Waals surface area contributed by atoms with Crippen LogP contribution in [0.2, 0.25) is 0 Å². The minimum atomic E-state index is -4.96. The Hall–Kier alpha value is -8.39. The molecule has 3 aromatic heterocycles. The summed E-state index contributed by atoms with van der Waals surface area (Å²) in [7, 11) is 5.92.